The van der Waals surface area contributed by atoms with Gasteiger partial charge in [0, 0.05) is 16.5 Å². The molecule has 1 aromatic heterocycles. The van der Waals surface area contributed by atoms with Crippen molar-refractivity contribution >= 4 is 28.2 Å². The van der Waals surface area contributed by atoms with Gasteiger partial charge in [0.15, 0.2) is 11.5 Å². The van der Waals surface area contributed by atoms with Gasteiger partial charge in [-0.3, -0.25) is 4.79 Å². The number of ether oxygens (including phenoxy) is 3. The summed E-state index contributed by atoms with van der Waals surface area (Å²) in [4.78, 5) is 25.5. The van der Waals surface area contributed by atoms with Gasteiger partial charge in [-0.1, -0.05) is 29.8 Å². The molecule has 7 heteroatoms. The van der Waals surface area contributed by atoms with Crippen molar-refractivity contribution in [3.63, 3.8) is 0 Å². The smallest absolute Gasteiger partial charge is 0.341 e. The summed E-state index contributed by atoms with van der Waals surface area (Å²) in [5, 5.41) is 5.12. The monoisotopic (exact) mass is 425 g/mol. The van der Waals surface area contributed by atoms with Crippen LogP contribution >= 0.6 is 11.3 Å². The van der Waals surface area contributed by atoms with Crippen LogP contribution in [0.4, 0.5) is 5.00 Å². The molecule has 0 unspecified atom stereocenters. The summed E-state index contributed by atoms with van der Waals surface area (Å²) in [6.45, 7) is 3.99. The number of benzene rings is 2. The van der Waals surface area contributed by atoms with Gasteiger partial charge in [0.1, 0.15) is 10.6 Å². The number of hydrogen-bond donors (Lipinski definition) is 1. The van der Waals surface area contributed by atoms with Crippen molar-refractivity contribution in [2.45, 2.75) is 13.8 Å². The second-order valence-electron chi connectivity index (χ2n) is 6.46. The molecular weight excluding hydrogens is 402 g/mol. The van der Waals surface area contributed by atoms with Crippen molar-refractivity contribution in [2.75, 3.05) is 26.1 Å². The van der Waals surface area contributed by atoms with Crippen LogP contribution in [0.1, 0.15) is 33.2 Å². The Labute approximate surface area is 179 Å². The van der Waals surface area contributed by atoms with Gasteiger partial charge in [0.2, 0.25) is 0 Å². The predicted octanol–water partition coefficient (Wildman–Crippen LogP) is 5.17. The molecule has 3 aromatic rings. The van der Waals surface area contributed by atoms with Gasteiger partial charge < -0.3 is 19.5 Å². The summed E-state index contributed by atoms with van der Waals surface area (Å²) in [5.41, 5.74) is 3.45. The third-order valence-electron chi connectivity index (χ3n) is 4.51. The van der Waals surface area contributed by atoms with Crippen molar-refractivity contribution in [2.24, 2.45) is 0 Å². The molecule has 3 rings (SSSR count). The van der Waals surface area contributed by atoms with Crippen molar-refractivity contribution in [3.8, 4) is 22.6 Å². The van der Waals surface area contributed by atoms with E-state index in [1.165, 1.54) is 25.6 Å². The molecular formula is C23H23NO5S. The largest absolute Gasteiger partial charge is 0.493 e. The minimum absolute atomic E-state index is 0.241. The van der Waals surface area contributed by atoms with Crippen molar-refractivity contribution < 1.29 is 23.8 Å². The zero-order chi connectivity index (χ0) is 21.7. The Balaban J connectivity index is 1.96. The van der Waals surface area contributed by atoms with Crippen LogP contribution in [0.25, 0.3) is 11.1 Å². The maximum absolute atomic E-state index is 12.9. The number of rotatable bonds is 7. The molecule has 0 saturated carbocycles. The van der Waals surface area contributed by atoms with Gasteiger partial charge in [0.05, 0.1) is 20.8 Å². The molecule has 0 fully saturated rings. The first-order valence-electron chi connectivity index (χ1n) is 9.37. The molecule has 2 aromatic carbocycles. The first-order chi connectivity index (χ1) is 14.5. The van der Waals surface area contributed by atoms with Gasteiger partial charge in [-0.05, 0) is 37.6 Å². The number of thiophene rings is 1. The summed E-state index contributed by atoms with van der Waals surface area (Å²) in [7, 11) is 3.03. The minimum atomic E-state index is -0.475. The van der Waals surface area contributed by atoms with Crippen LogP contribution in [-0.4, -0.2) is 32.7 Å². The first kappa shape index (κ1) is 21.4. The number of esters is 1. The standard InChI is InChI=1S/C23H23NO5S/c1-5-29-23(26)20-17(15-8-6-14(2)7-9-15)13-30-22(20)24-21(25)16-10-11-18(27-3)19(12-16)28-4/h6-13H,5H2,1-4H3,(H,24,25). The van der Waals surface area contributed by atoms with Crippen molar-refractivity contribution in [1.29, 1.82) is 0 Å². The topological polar surface area (TPSA) is 73.9 Å². The second kappa shape index (κ2) is 9.45. The molecule has 1 amide bonds. The van der Waals surface area contributed by atoms with E-state index in [4.69, 9.17) is 14.2 Å². The van der Waals surface area contributed by atoms with Gasteiger partial charge in [0.25, 0.3) is 5.91 Å². The second-order valence-corrected chi connectivity index (χ2v) is 7.34. The quantitative estimate of drug-likeness (QED) is 0.529. The lowest BCUT2D eigenvalue weighted by Crippen LogP contribution is -2.15. The Morgan fingerprint density at radius 2 is 1.70 bits per heavy atom. The molecule has 0 aliphatic rings. The highest BCUT2D eigenvalue weighted by Crippen LogP contribution is 2.37. The van der Waals surface area contributed by atoms with Crippen LogP contribution in [0.15, 0.2) is 47.8 Å². The van der Waals surface area contributed by atoms with Crippen LogP contribution in [0.2, 0.25) is 0 Å². The van der Waals surface area contributed by atoms with E-state index in [-0.39, 0.29) is 12.5 Å². The third kappa shape index (κ3) is 4.46. The minimum Gasteiger partial charge on any atom is -0.493 e. The fourth-order valence-electron chi connectivity index (χ4n) is 2.95. The van der Waals surface area contributed by atoms with Gasteiger partial charge >= 0.3 is 5.97 Å². The first-order valence-corrected chi connectivity index (χ1v) is 10.3. The van der Waals surface area contributed by atoms with E-state index >= 15 is 0 Å². The van der Waals surface area contributed by atoms with Crippen molar-refractivity contribution in [3.05, 3.63) is 64.5 Å². The summed E-state index contributed by atoms with van der Waals surface area (Å²) >= 11 is 1.28. The Morgan fingerprint density at radius 1 is 1.00 bits per heavy atom. The highest BCUT2D eigenvalue weighted by atomic mass is 32.1. The summed E-state index contributed by atoms with van der Waals surface area (Å²) < 4.78 is 15.7. The van der Waals surface area contributed by atoms with E-state index in [1.807, 2.05) is 36.6 Å². The average molecular weight is 426 g/mol. The summed E-state index contributed by atoms with van der Waals surface area (Å²) in [5.74, 6) is 0.136. The summed E-state index contributed by atoms with van der Waals surface area (Å²) in [6.07, 6.45) is 0. The average Bonchev–Trinajstić information content (AvgIpc) is 3.17. The molecule has 6 nitrogen and oxygen atoms in total. The molecule has 0 aliphatic carbocycles. The fourth-order valence-corrected chi connectivity index (χ4v) is 3.91. The number of nitrogens with one attached hydrogen (secondary N) is 1. The molecule has 0 spiro atoms. The number of hydrogen-bond acceptors (Lipinski definition) is 6. The van der Waals surface area contributed by atoms with Gasteiger partial charge in [-0.15, -0.1) is 11.3 Å². The number of methoxy groups -OCH3 is 2. The Hall–Kier alpha value is -3.32. The van der Waals surface area contributed by atoms with Gasteiger partial charge in [-0.25, -0.2) is 4.79 Å². The number of carbonyl (C=O) groups excluding carboxylic acids is 2. The van der Waals surface area contributed by atoms with E-state index in [1.54, 1.807) is 25.1 Å². The number of aryl methyl sites for hydroxylation is 1. The normalized spacial score (nSPS) is 10.4. The van der Waals surface area contributed by atoms with E-state index in [2.05, 4.69) is 5.32 Å². The van der Waals surface area contributed by atoms with Gasteiger partial charge in [-0.2, -0.15) is 0 Å². The lowest BCUT2D eigenvalue weighted by molar-refractivity contribution is 0.0529. The molecule has 1 N–H and O–H groups in total. The Kier molecular flexibility index (Phi) is 6.74. The molecule has 1 heterocycles. The molecule has 156 valence electrons. The third-order valence-corrected chi connectivity index (χ3v) is 5.40. The molecule has 0 atom stereocenters. The zero-order valence-electron chi connectivity index (χ0n) is 17.3. The molecule has 0 bridgehead atoms. The number of anilines is 1. The number of amides is 1. The predicted molar refractivity (Wildman–Crippen MR) is 118 cm³/mol. The summed E-state index contributed by atoms with van der Waals surface area (Å²) in [6, 6.07) is 12.7. The molecule has 30 heavy (non-hydrogen) atoms. The Morgan fingerprint density at radius 3 is 2.33 bits per heavy atom. The van der Waals surface area contributed by atoms with E-state index in [0.29, 0.717) is 27.6 Å². The molecule has 0 aliphatic heterocycles. The van der Waals surface area contributed by atoms with E-state index in [9.17, 15) is 9.59 Å². The van der Waals surface area contributed by atoms with Crippen LogP contribution < -0.4 is 14.8 Å². The lowest BCUT2D eigenvalue weighted by Gasteiger charge is -2.11. The highest BCUT2D eigenvalue weighted by molar-refractivity contribution is 7.15. The highest BCUT2D eigenvalue weighted by Gasteiger charge is 2.23. The zero-order valence-corrected chi connectivity index (χ0v) is 18.1. The van der Waals surface area contributed by atoms with Crippen LogP contribution in [0.3, 0.4) is 0 Å². The lowest BCUT2D eigenvalue weighted by atomic mass is 10.0. The number of carbonyl (C=O) groups is 2. The van der Waals surface area contributed by atoms with Crippen LogP contribution in [0.5, 0.6) is 11.5 Å². The molecule has 0 saturated heterocycles. The van der Waals surface area contributed by atoms with E-state index in [0.717, 1.165) is 16.7 Å². The maximum Gasteiger partial charge on any atom is 0.341 e. The van der Waals surface area contributed by atoms with Crippen LogP contribution in [-0.2, 0) is 4.74 Å². The SMILES string of the molecule is CCOC(=O)c1c(-c2ccc(C)cc2)csc1NC(=O)c1ccc(OC)c(OC)c1. The molecule has 0 radical (unpaired) electrons. The fraction of sp³-hybridized carbons (Fsp3) is 0.217. The maximum atomic E-state index is 12.9. The Bertz CT molecular complexity index is 1060. The van der Waals surface area contributed by atoms with Crippen molar-refractivity contribution in [1.82, 2.24) is 0 Å². The van der Waals surface area contributed by atoms with E-state index < -0.39 is 5.97 Å². The van der Waals surface area contributed by atoms with Crippen LogP contribution in [0, 0.1) is 6.92 Å².